The minimum atomic E-state index is -4.59. The van der Waals surface area contributed by atoms with Gasteiger partial charge in [-0.25, -0.2) is 4.79 Å². The molecule has 2 heterocycles. The van der Waals surface area contributed by atoms with Crippen LogP contribution >= 0.6 is 0 Å². The lowest BCUT2D eigenvalue weighted by Gasteiger charge is -2.25. The number of rotatable bonds is 7. The highest BCUT2D eigenvalue weighted by atomic mass is 28.3. The van der Waals surface area contributed by atoms with Gasteiger partial charge in [-0.3, -0.25) is 19.3 Å². The maximum Gasteiger partial charge on any atom is 0.416 e. The number of nitrogens with zero attached hydrogens (tertiary/aromatic N) is 3. The molecule has 1 aliphatic heterocycles. The Hall–Kier alpha value is -2.40. The Labute approximate surface area is 178 Å². The molecule has 11 heteroatoms. The summed E-state index contributed by atoms with van der Waals surface area (Å²) in [7, 11) is -1.19. The smallest absolute Gasteiger partial charge is 0.361 e. The Morgan fingerprint density at radius 3 is 2.61 bits per heavy atom. The molecule has 0 spiro atoms. The standard InChI is InChI=1S/C20H27F3N4O3Si/c1-19(10-26(12-24-19)13-30-7-8-31(2,3)4)11-27-16-9-14(20(21,22)23)5-6-15(16)17(28)25-18(27)29/h5-6,9,12H,7-8,10-11,13H2,1-4H3,(H,25,28,29). The van der Waals surface area contributed by atoms with Crippen molar-refractivity contribution in [3.63, 3.8) is 0 Å². The fourth-order valence-electron chi connectivity index (χ4n) is 3.43. The van der Waals surface area contributed by atoms with Crippen LogP contribution in [-0.4, -0.2) is 54.3 Å². The molecule has 3 rings (SSSR count). The van der Waals surface area contributed by atoms with Gasteiger partial charge in [-0.15, -0.1) is 0 Å². The Balaban J connectivity index is 1.81. The quantitative estimate of drug-likeness (QED) is 0.513. The van der Waals surface area contributed by atoms with E-state index in [1.165, 1.54) is 0 Å². The molecule has 0 saturated heterocycles. The number of aromatic amines is 1. The molecular formula is C20H27F3N4O3Si. The topological polar surface area (TPSA) is 79.7 Å². The van der Waals surface area contributed by atoms with Crippen molar-refractivity contribution in [2.75, 3.05) is 19.9 Å². The van der Waals surface area contributed by atoms with Crippen molar-refractivity contribution >= 4 is 25.3 Å². The molecule has 0 aliphatic carbocycles. The molecule has 1 aliphatic rings. The second-order valence-corrected chi connectivity index (χ2v) is 15.0. The van der Waals surface area contributed by atoms with Crippen LogP contribution in [0.15, 0.2) is 32.8 Å². The van der Waals surface area contributed by atoms with E-state index < -0.39 is 36.6 Å². The number of alkyl halides is 3. The molecule has 0 fully saturated rings. The average Bonchev–Trinajstić information content (AvgIpc) is 3.01. The Morgan fingerprint density at radius 1 is 1.26 bits per heavy atom. The zero-order valence-corrected chi connectivity index (χ0v) is 19.0. The Morgan fingerprint density at radius 2 is 1.97 bits per heavy atom. The number of aliphatic imine (C=N–C) groups is 1. The zero-order chi connectivity index (χ0) is 23.0. The molecular weight excluding hydrogens is 429 g/mol. The summed E-state index contributed by atoms with van der Waals surface area (Å²) in [5.74, 6) is 0. The van der Waals surface area contributed by atoms with E-state index in [1.54, 1.807) is 6.34 Å². The van der Waals surface area contributed by atoms with Crippen LogP contribution in [0.3, 0.4) is 0 Å². The van der Waals surface area contributed by atoms with Gasteiger partial charge in [-0.1, -0.05) is 19.6 Å². The van der Waals surface area contributed by atoms with E-state index in [0.29, 0.717) is 19.9 Å². The van der Waals surface area contributed by atoms with Crippen molar-refractivity contribution in [3.8, 4) is 0 Å². The second kappa shape index (κ2) is 8.27. The van der Waals surface area contributed by atoms with E-state index in [-0.39, 0.29) is 17.4 Å². The molecule has 0 radical (unpaired) electrons. The minimum absolute atomic E-state index is 0.0162. The van der Waals surface area contributed by atoms with Gasteiger partial charge >= 0.3 is 11.9 Å². The first kappa shape index (κ1) is 23.3. The SMILES string of the molecule is CC1(Cn2c(=O)[nH]c(=O)c3ccc(C(F)(F)F)cc32)CN(COCC[Si](C)(C)C)C=N1. The summed E-state index contributed by atoms with van der Waals surface area (Å²) in [6, 6.07) is 3.80. The number of fused-ring (bicyclic) bond motifs is 1. The predicted molar refractivity (Wildman–Crippen MR) is 116 cm³/mol. The molecule has 1 N–H and O–H groups in total. The van der Waals surface area contributed by atoms with E-state index in [0.717, 1.165) is 28.8 Å². The van der Waals surface area contributed by atoms with E-state index in [4.69, 9.17) is 4.74 Å². The van der Waals surface area contributed by atoms with Gasteiger partial charge in [0.2, 0.25) is 0 Å². The van der Waals surface area contributed by atoms with E-state index >= 15 is 0 Å². The Kier molecular flexibility index (Phi) is 6.20. The molecule has 2 aromatic rings. The monoisotopic (exact) mass is 456 g/mol. The third-order valence-electron chi connectivity index (χ3n) is 5.15. The van der Waals surface area contributed by atoms with Gasteiger partial charge in [0.1, 0.15) is 6.73 Å². The molecule has 7 nitrogen and oxygen atoms in total. The Bertz CT molecular complexity index is 1100. The lowest BCUT2D eigenvalue weighted by atomic mass is 10.0. The molecule has 1 aromatic heterocycles. The number of benzene rings is 1. The van der Waals surface area contributed by atoms with Crippen LogP contribution in [0.25, 0.3) is 10.9 Å². The number of hydrogen-bond acceptors (Lipinski definition) is 5. The number of ether oxygens (including phenoxy) is 1. The van der Waals surface area contributed by atoms with Crippen molar-refractivity contribution in [2.24, 2.45) is 4.99 Å². The summed E-state index contributed by atoms with van der Waals surface area (Å²) >= 11 is 0. The summed E-state index contributed by atoms with van der Waals surface area (Å²) in [6.45, 7) is 10.1. The van der Waals surface area contributed by atoms with Crippen LogP contribution in [0.5, 0.6) is 0 Å². The predicted octanol–water partition coefficient (Wildman–Crippen LogP) is 3.12. The van der Waals surface area contributed by atoms with Crippen LogP contribution < -0.4 is 11.2 Å². The molecule has 1 unspecified atom stereocenters. The van der Waals surface area contributed by atoms with Crippen molar-refractivity contribution in [2.45, 2.75) is 50.9 Å². The molecule has 1 aromatic carbocycles. The normalized spacial score (nSPS) is 19.5. The van der Waals surface area contributed by atoms with Crippen LogP contribution in [0.4, 0.5) is 13.2 Å². The van der Waals surface area contributed by atoms with Gasteiger partial charge in [0, 0.05) is 21.2 Å². The highest BCUT2D eigenvalue weighted by Crippen LogP contribution is 2.31. The van der Waals surface area contributed by atoms with Crippen molar-refractivity contribution < 1.29 is 17.9 Å². The molecule has 170 valence electrons. The van der Waals surface area contributed by atoms with Crippen LogP contribution in [-0.2, 0) is 17.5 Å². The van der Waals surface area contributed by atoms with Crippen molar-refractivity contribution in [3.05, 3.63) is 44.6 Å². The van der Waals surface area contributed by atoms with Crippen LogP contribution in [0.1, 0.15) is 12.5 Å². The fourth-order valence-corrected chi connectivity index (χ4v) is 4.19. The number of aromatic nitrogens is 2. The fraction of sp³-hybridized carbons (Fsp3) is 0.550. The number of H-pyrrole nitrogens is 1. The number of hydrogen-bond donors (Lipinski definition) is 1. The molecule has 0 saturated carbocycles. The van der Waals surface area contributed by atoms with Crippen LogP contribution in [0, 0.1) is 0 Å². The molecule has 31 heavy (non-hydrogen) atoms. The second-order valence-electron chi connectivity index (χ2n) is 9.41. The maximum absolute atomic E-state index is 13.2. The van der Waals surface area contributed by atoms with Gasteiger partial charge < -0.3 is 9.64 Å². The zero-order valence-electron chi connectivity index (χ0n) is 18.0. The van der Waals surface area contributed by atoms with Gasteiger partial charge in [0.25, 0.3) is 5.56 Å². The minimum Gasteiger partial charge on any atom is -0.361 e. The average molecular weight is 457 g/mol. The van der Waals surface area contributed by atoms with Gasteiger partial charge in [-0.05, 0) is 31.2 Å². The van der Waals surface area contributed by atoms with Gasteiger partial charge in [0.15, 0.2) is 0 Å². The summed E-state index contributed by atoms with van der Waals surface area (Å²) in [5, 5.41) is 0.0183. The van der Waals surface area contributed by atoms with E-state index in [1.807, 2.05) is 11.8 Å². The molecule has 0 bridgehead atoms. The number of halogens is 3. The van der Waals surface area contributed by atoms with Crippen molar-refractivity contribution in [1.82, 2.24) is 14.5 Å². The summed E-state index contributed by atoms with van der Waals surface area (Å²) in [4.78, 5) is 33.1. The number of nitrogens with one attached hydrogen (secondary N) is 1. The van der Waals surface area contributed by atoms with E-state index in [2.05, 4.69) is 29.6 Å². The largest absolute Gasteiger partial charge is 0.416 e. The third kappa shape index (κ3) is 5.64. The first-order valence-corrected chi connectivity index (χ1v) is 13.7. The summed E-state index contributed by atoms with van der Waals surface area (Å²) < 4.78 is 46.4. The van der Waals surface area contributed by atoms with Crippen LogP contribution in [0.2, 0.25) is 25.7 Å². The highest BCUT2D eigenvalue weighted by Gasteiger charge is 2.34. The maximum atomic E-state index is 13.2. The first-order valence-electron chi connectivity index (χ1n) is 9.99. The highest BCUT2D eigenvalue weighted by molar-refractivity contribution is 6.76. The third-order valence-corrected chi connectivity index (χ3v) is 6.86. The molecule has 0 amide bonds. The first-order chi connectivity index (χ1) is 14.3. The van der Waals surface area contributed by atoms with Crippen molar-refractivity contribution in [1.29, 1.82) is 0 Å². The van der Waals surface area contributed by atoms with Gasteiger partial charge in [0.05, 0.1) is 34.9 Å². The summed E-state index contributed by atoms with van der Waals surface area (Å²) in [5.41, 5.74) is -3.23. The lowest BCUT2D eigenvalue weighted by Crippen LogP contribution is -2.41. The van der Waals surface area contributed by atoms with E-state index in [9.17, 15) is 22.8 Å². The molecule has 1 atom stereocenters. The summed E-state index contributed by atoms with van der Waals surface area (Å²) in [6.07, 6.45) is -2.95. The lowest BCUT2D eigenvalue weighted by molar-refractivity contribution is -0.137. The van der Waals surface area contributed by atoms with Gasteiger partial charge in [-0.2, -0.15) is 13.2 Å².